The van der Waals surface area contributed by atoms with Gasteiger partial charge in [0.25, 0.3) is 0 Å². The Morgan fingerprint density at radius 1 is 0.540 bits per heavy atom. The van der Waals surface area contributed by atoms with E-state index in [0.29, 0.717) is 65.9 Å². The molecule has 0 spiro atoms. The minimum atomic E-state index is -0.0561. The number of aromatic hydroxyl groups is 3. The molecule has 26 nitrogen and oxygen atoms in total. The number of nitrogens with one attached hydrogen (secondary N) is 4. The van der Waals surface area contributed by atoms with Gasteiger partial charge in [0.1, 0.15) is 46.5 Å². The Labute approximate surface area is 663 Å². The lowest BCUT2D eigenvalue weighted by Crippen LogP contribution is -2.37. The zero-order valence-electron chi connectivity index (χ0n) is 66.4. The number of benzene rings is 4. The van der Waals surface area contributed by atoms with E-state index < -0.39 is 0 Å². The van der Waals surface area contributed by atoms with Gasteiger partial charge in [-0.15, -0.1) is 0 Å². The molecule has 13 rings (SSSR count). The Morgan fingerprint density at radius 2 is 1.05 bits per heavy atom. The molecule has 26 heteroatoms. The van der Waals surface area contributed by atoms with Gasteiger partial charge in [-0.3, -0.25) is 50.7 Å². The molecule has 4 aromatic carbocycles. The molecular weight excluding hydrogens is 1430 g/mol. The Balaban J connectivity index is 0.000000169. The van der Waals surface area contributed by atoms with Crippen LogP contribution in [-0.2, 0) is 66.4 Å². The minimum absolute atomic E-state index is 0.0197. The third kappa shape index (κ3) is 23.5. The molecule has 0 radical (unpaired) electrons. The van der Waals surface area contributed by atoms with E-state index in [4.69, 9.17) is 41.3 Å². The van der Waals surface area contributed by atoms with Crippen LogP contribution in [0.25, 0.3) is 23.2 Å². The third-order valence-corrected chi connectivity index (χ3v) is 21.0. The first-order chi connectivity index (χ1) is 54.8. The second-order valence-corrected chi connectivity index (χ2v) is 29.3. The van der Waals surface area contributed by atoms with Gasteiger partial charge >= 0.3 is 0 Å². The zero-order chi connectivity index (χ0) is 80.3. The molecular formula is C87H116N16O10. The van der Waals surface area contributed by atoms with Gasteiger partial charge < -0.3 is 79.1 Å². The van der Waals surface area contributed by atoms with Crippen LogP contribution in [0.3, 0.4) is 0 Å². The second kappa shape index (κ2) is 42.7. The minimum Gasteiger partial charge on any atom is -0.506 e. The molecule has 3 saturated heterocycles. The topological polar surface area (TPSA) is 347 Å². The van der Waals surface area contributed by atoms with Gasteiger partial charge in [-0.05, 0) is 205 Å². The fraction of sp³-hybridized carbons (Fsp3) is 0.437. The van der Waals surface area contributed by atoms with Gasteiger partial charge in [0.2, 0.25) is 11.2 Å². The average Bonchev–Trinajstić information content (AvgIpc) is 1.62. The van der Waals surface area contributed by atoms with E-state index in [1.165, 1.54) is 16.7 Å². The summed E-state index contributed by atoms with van der Waals surface area (Å²) >= 11 is 0. The fourth-order valence-corrected chi connectivity index (χ4v) is 14.8. The first-order valence-corrected chi connectivity index (χ1v) is 39.5. The summed E-state index contributed by atoms with van der Waals surface area (Å²) in [6.07, 6.45) is 13.6. The smallest absolute Gasteiger partial charge is 0.203 e. The quantitative estimate of drug-likeness (QED) is 0.0142. The summed E-state index contributed by atoms with van der Waals surface area (Å²) < 4.78 is 24.1. The number of imidazole rings is 2. The highest BCUT2D eigenvalue weighted by atomic mass is 16.5. The van der Waals surface area contributed by atoms with Gasteiger partial charge in [0, 0.05) is 131 Å². The van der Waals surface area contributed by atoms with Crippen LogP contribution in [0.4, 0.5) is 17.1 Å². The number of nitrogens with two attached hydrogens (primary N) is 1. The standard InChI is InChI=1S/C32H44N6O3.C23H28N4O3.C22H29N5O3.C10H15NO/c1-4-29-30(9-5-14-34-27-22-24(2)10-12-26(27)8-6-19-39)38(23-28-31(40)13-11-25(3)35-28)32(33)37(29)16-7-15-36-17-20-41-21-18-36;1-16-4-7-22(29)20(25-16)14-27-21-13-17(15-28)5-6-18(21)19(23(27)24)3-2-8-26-9-11-30-12-10-26;1-16-3-6-21(29)18(24-16)14-27-20-13-17(15-28)4-5-19(20)26(22(27)23)8-2-7-25-9-11-30-12-10-25;1-8-4-5-9(3-2-6-12)10(11)7-8/h4-5,9-13,22,33-34,39-40H,1,6-8,14-21,23H2,2-3H3;4-7,13,15,19,24,29H,2-3,8-12,14H2,1H3;3-6,13,23,28-29H,2,7-12,14-15H2,1H3;4-5,7,12H,2-3,6,11H2,1H3/b9-5+,33-32?;;;. The number of aldehydes is 1. The number of aryl methyl sites for hydroxylation is 8. The Morgan fingerprint density at radius 3 is 1.59 bits per heavy atom. The van der Waals surface area contributed by atoms with Crippen LogP contribution in [0.5, 0.6) is 17.2 Å². The summed E-state index contributed by atoms with van der Waals surface area (Å²) in [5.41, 5.74) is 24.0. The monoisotopic (exact) mass is 1540 g/mol. The van der Waals surface area contributed by atoms with Crippen molar-refractivity contribution >= 4 is 52.4 Å². The van der Waals surface area contributed by atoms with E-state index in [0.717, 1.165) is 236 Å². The van der Waals surface area contributed by atoms with Crippen LogP contribution < -0.4 is 27.2 Å². The Bertz CT molecular complexity index is 4800. The van der Waals surface area contributed by atoms with Crippen molar-refractivity contribution < 1.29 is 49.6 Å². The summed E-state index contributed by atoms with van der Waals surface area (Å²) in [6.45, 7) is 30.4. The number of aliphatic hydroxyl groups is 3. The molecule has 4 aliphatic rings. The van der Waals surface area contributed by atoms with Crippen molar-refractivity contribution in [2.75, 3.05) is 134 Å². The predicted octanol–water partition coefficient (Wildman–Crippen LogP) is 10.1. The fourth-order valence-electron chi connectivity index (χ4n) is 14.8. The maximum Gasteiger partial charge on any atom is 0.203 e. The molecule has 4 aliphatic heterocycles. The van der Waals surface area contributed by atoms with Crippen molar-refractivity contribution in [1.82, 2.24) is 47.9 Å². The number of aliphatic hydroxyl groups excluding tert-OH is 3. The van der Waals surface area contributed by atoms with E-state index in [1.807, 2.05) is 118 Å². The number of rotatable bonds is 31. The molecule has 5 aromatic heterocycles. The SMILES string of the molecule is C=Cc1c(/C=C/CNc2cc(C)ccc2CCCO)n(Cc2nc(C)ccc2O)c(=N)n1CCCN1CCOCC1.Cc1ccc(CCCO)c(N)c1.Cc1ccc(O)c(CN2C(=N)C(CCCN3CCOCC3)c3ccc(C=O)cc32)n1.Cc1ccc(O)c(Cn2c(=N)n(CCCN3CCOCC3)c3ccc(CO)cc32)n1. The van der Waals surface area contributed by atoms with Crippen LogP contribution in [0.2, 0.25) is 0 Å². The molecule has 1 unspecified atom stereocenters. The largest absolute Gasteiger partial charge is 0.506 e. The number of carbonyl (C=O) groups is 1. The molecule has 3 fully saturated rings. The van der Waals surface area contributed by atoms with E-state index in [2.05, 4.69) is 72.7 Å². The normalized spacial score (nSPS) is 15.3. The average molecular weight is 1550 g/mol. The molecule has 9 heterocycles. The van der Waals surface area contributed by atoms with Crippen molar-refractivity contribution in [1.29, 1.82) is 16.2 Å². The summed E-state index contributed by atoms with van der Waals surface area (Å²) in [5.74, 6) is 0.844. The second-order valence-electron chi connectivity index (χ2n) is 29.3. The summed E-state index contributed by atoms with van der Waals surface area (Å²) in [7, 11) is 0. The first kappa shape index (κ1) is 85.3. The van der Waals surface area contributed by atoms with E-state index >= 15 is 0 Å². The van der Waals surface area contributed by atoms with Crippen molar-refractivity contribution in [2.24, 2.45) is 0 Å². The first-order valence-electron chi connectivity index (χ1n) is 39.5. The molecule has 0 saturated carbocycles. The molecule has 0 aliphatic carbocycles. The van der Waals surface area contributed by atoms with Crippen LogP contribution in [0.15, 0.2) is 122 Å². The number of hydrogen-bond donors (Lipinski definition) is 11. The molecule has 1 atom stereocenters. The number of pyridine rings is 3. The van der Waals surface area contributed by atoms with E-state index in [9.17, 15) is 30.3 Å². The van der Waals surface area contributed by atoms with Gasteiger partial charge in [-0.1, -0.05) is 55.1 Å². The van der Waals surface area contributed by atoms with Gasteiger partial charge in [0.05, 0.1) is 88.3 Å². The number of nitrogens with zero attached hydrogens (tertiary/aromatic N) is 11. The van der Waals surface area contributed by atoms with Crippen molar-refractivity contribution in [3.63, 3.8) is 0 Å². The molecule has 0 bridgehead atoms. The zero-order valence-corrected chi connectivity index (χ0v) is 66.4. The summed E-state index contributed by atoms with van der Waals surface area (Å²) in [5, 5.41) is 88.8. The number of ether oxygens (including phenoxy) is 3. The van der Waals surface area contributed by atoms with Gasteiger partial charge in [-0.25, -0.2) is 0 Å². The summed E-state index contributed by atoms with van der Waals surface area (Å²) in [4.78, 5) is 33.9. The number of carbonyl (C=O) groups excluding carboxylic acids is 1. The molecule has 0 amide bonds. The highest BCUT2D eigenvalue weighted by Crippen LogP contribution is 2.42. The van der Waals surface area contributed by atoms with Crippen LogP contribution >= 0.6 is 0 Å². The summed E-state index contributed by atoms with van der Waals surface area (Å²) in [6, 6.07) is 34.0. The van der Waals surface area contributed by atoms with Crippen molar-refractivity contribution in [2.45, 2.75) is 131 Å². The number of amidine groups is 1. The Hall–Kier alpha value is -10.1. The van der Waals surface area contributed by atoms with E-state index in [1.54, 1.807) is 36.4 Å². The van der Waals surface area contributed by atoms with Crippen LogP contribution in [0.1, 0.15) is 134 Å². The highest BCUT2D eigenvalue weighted by Gasteiger charge is 2.35. The molecule has 113 heavy (non-hydrogen) atoms. The number of fused-ring (bicyclic) bond motifs is 2. The maximum atomic E-state index is 11.3. The lowest BCUT2D eigenvalue weighted by Gasteiger charge is -2.27. The molecule has 12 N–H and O–H groups in total. The maximum absolute atomic E-state index is 11.3. The number of morpholine rings is 3. The van der Waals surface area contributed by atoms with Crippen molar-refractivity contribution in [3.05, 3.63) is 218 Å². The number of nitrogen functional groups attached to an aromatic ring is 1. The molecule has 604 valence electrons. The van der Waals surface area contributed by atoms with Crippen molar-refractivity contribution in [3.8, 4) is 17.2 Å². The Kier molecular flexibility index (Phi) is 32.2. The third-order valence-electron chi connectivity index (χ3n) is 21.0. The lowest BCUT2D eigenvalue weighted by atomic mass is 9.94. The highest BCUT2D eigenvalue weighted by molar-refractivity contribution is 6.07. The van der Waals surface area contributed by atoms with Gasteiger partial charge in [0.15, 0.2) is 0 Å². The van der Waals surface area contributed by atoms with E-state index in [-0.39, 0.29) is 49.5 Å². The van der Waals surface area contributed by atoms with Gasteiger partial charge in [-0.2, -0.15) is 0 Å². The van der Waals surface area contributed by atoms with Crippen LogP contribution in [-0.4, -0.2) is 209 Å². The molecule has 9 aromatic rings. The van der Waals surface area contributed by atoms with Crippen LogP contribution in [0, 0.1) is 50.8 Å². The predicted molar refractivity (Wildman–Crippen MR) is 444 cm³/mol. The number of aromatic nitrogens is 7. The lowest BCUT2D eigenvalue weighted by molar-refractivity contribution is 0.0368. The number of hydrogen-bond acceptors (Lipinski definition) is 21. The number of anilines is 3.